The maximum absolute atomic E-state index is 12.6. The van der Waals surface area contributed by atoms with Crippen molar-refractivity contribution in [3.05, 3.63) is 75.8 Å². The zero-order valence-corrected chi connectivity index (χ0v) is 19.5. The van der Waals surface area contributed by atoms with E-state index in [2.05, 4.69) is 0 Å². The number of cyclic esters (lactones) is 1. The third kappa shape index (κ3) is 4.52. The minimum Gasteiger partial charge on any atom is -0.508 e. The van der Waals surface area contributed by atoms with Crippen LogP contribution in [0.1, 0.15) is 49.9 Å². The number of benzene rings is 2. The number of hydrogen-bond acceptors (Lipinski definition) is 7. The lowest BCUT2D eigenvalue weighted by atomic mass is 9.96. The molecule has 2 heterocycles. The van der Waals surface area contributed by atoms with Crippen LogP contribution in [-0.4, -0.2) is 38.1 Å². The number of aliphatic hydroxyl groups excluding tert-OH is 1. The van der Waals surface area contributed by atoms with Gasteiger partial charge in [-0.15, -0.1) is 0 Å². The second-order valence-corrected chi connectivity index (χ2v) is 9.44. The quantitative estimate of drug-likeness (QED) is 0.291. The topological polar surface area (TPSA) is 116 Å². The highest BCUT2D eigenvalue weighted by molar-refractivity contribution is 6.21. The molecule has 0 unspecified atom stereocenters. The molecule has 2 aromatic rings. The van der Waals surface area contributed by atoms with Crippen molar-refractivity contribution in [2.75, 3.05) is 0 Å². The summed E-state index contributed by atoms with van der Waals surface area (Å²) in [5, 5.41) is 41.9. The first-order valence-electron chi connectivity index (χ1n) is 11.0. The molecule has 7 nitrogen and oxygen atoms in total. The fraction of sp³-hybridized carbons (Fsp3) is 0.296. The molecule has 178 valence electrons. The van der Waals surface area contributed by atoms with Crippen molar-refractivity contribution < 1.29 is 34.7 Å². The zero-order chi connectivity index (χ0) is 24.8. The molecule has 4 N–H and O–H groups in total. The predicted molar refractivity (Wildman–Crippen MR) is 127 cm³/mol. The van der Waals surface area contributed by atoms with Crippen molar-refractivity contribution in [3.63, 3.8) is 0 Å². The Morgan fingerprint density at radius 3 is 2.53 bits per heavy atom. The van der Waals surface area contributed by atoms with Crippen LogP contribution in [0.2, 0.25) is 0 Å². The van der Waals surface area contributed by atoms with Gasteiger partial charge in [0.25, 0.3) is 0 Å². The number of carbonyl (C=O) groups excluding carboxylic acids is 1. The van der Waals surface area contributed by atoms with Gasteiger partial charge < -0.3 is 29.9 Å². The summed E-state index contributed by atoms with van der Waals surface area (Å²) in [7, 11) is 0. The van der Waals surface area contributed by atoms with Crippen molar-refractivity contribution in [1.29, 1.82) is 0 Å². The standard InChI is InChI=1S/C27H28O7/c1-14(2)5-7-16-11-20(29)18(13-19(16)28)24-25(30)22(34-26(24)31)10-15-6-8-21-17(9-15)12-23(33-21)27(3,4)32/h5-6,8-11,13,23,28-30,32H,7,12H2,1-4H3/b22-10-/t23-/m1/s1. The summed E-state index contributed by atoms with van der Waals surface area (Å²) in [6.07, 6.45) is 3.98. The highest BCUT2D eigenvalue weighted by atomic mass is 16.6. The van der Waals surface area contributed by atoms with Crippen LogP contribution in [0.4, 0.5) is 0 Å². The minimum atomic E-state index is -0.997. The predicted octanol–water partition coefficient (Wildman–Crippen LogP) is 4.55. The molecule has 0 saturated heterocycles. The lowest BCUT2D eigenvalue weighted by Gasteiger charge is -2.24. The van der Waals surface area contributed by atoms with Crippen molar-refractivity contribution >= 4 is 17.6 Å². The van der Waals surface area contributed by atoms with Gasteiger partial charge in [-0.3, -0.25) is 0 Å². The smallest absolute Gasteiger partial charge is 0.348 e. The third-order valence-corrected chi connectivity index (χ3v) is 5.92. The molecule has 0 fully saturated rings. The van der Waals surface area contributed by atoms with Gasteiger partial charge in [-0.2, -0.15) is 0 Å². The number of carbonyl (C=O) groups is 1. The summed E-state index contributed by atoms with van der Waals surface area (Å²) in [6.45, 7) is 7.23. The number of phenolic OH excluding ortho intramolecular Hbond substituents is 2. The Hall–Kier alpha value is -3.71. The molecule has 2 aromatic carbocycles. The van der Waals surface area contributed by atoms with Crippen molar-refractivity contribution in [2.24, 2.45) is 0 Å². The number of phenols is 2. The monoisotopic (exact) mass is 464 g/mol. The summed E-state index contributed by atoms with van der Waals surface area (Å²) in [5.41, 5.74) is 1.88. The van der Waals surface area contributed by atoms with Gasteiger partial charge in [0.05, 0.1) is 5.60 Å². The number of allylic oxidation sites excluding steroid dienone is 2. The molecule has 34 heavy (non-hydrogen) atoms. The molecule has 4 rings (SSSR count). The number of rotatable bonds is 5. The molecule has 0 bridgehead atoms. The number of fused-ring (bicyclic) bond motifs is 1. The highest BCUT2D eigenvalue weighted by Gasteiger charge is 2.36. The number of ether oxygens (including phenoxy) is 2. The molecule has 1 atom stereocenters. The molecular weight excluding hydrogens is 436 g/mol. The van der Waals surface area contributed by atoms with E-state index >= 15 is 0 Å². The van der Waals surface area contributed by atoms with Gasteiger partial charge >= 0.3 is 5.97 Å². The molecule has 0 saturated carbocycles. The maximum Gasteiger partial charge on any atom is 0.348 e. The van der Waals surface area contributed by atoms with Crippen LogP contribution in [-0.2, 0) is 22.4 Å². The average molecular weight is 465 g/mol. The average Bonchev–Trinajstić information content (AvgIpc) is 3.29. The number of aromatic hydroxyl groups is 2. The first-order valence-corrected chi connectivity index (χ1v) is 11.0. The third-order valence-electron chi connectivity index (χ3n) is 5.92. The molecule has 0 amide bonds. The lowest BCUT2D eigenvalue weighted by Crippen LogP contribution is -2.39. The second kappa shape index (κ2) is 8.57. The van der Waals surface area contributed by atoms with E-state index in [1.54, 1.807) is 26.0 Å². The number of aliphatic hydroxyl groups is 2. The largest absolute Gasteiger partial charge is 0.508 e. The van der Waals surface area contributed by atoms with E-state index in [-0.39, 0.29) is 34.5 Å². The minimum absolute atomic E-state index is 0.0141. The molecule has 7 heteroatoms. The summed E-state index contributed by atoms with van der Waals surface area (Å²) >= 11 is 0. The molecule has 0 spiro atoms. The van der Waals surface area contributed by atoms with E-state index < -0.39 is 17.3 Å². The zero-order valence-electron chi connectivity index (χ0n) is 19.5. The molecule has 0 radical (unpaired) electrons. The fourth-order valence-electron chi connectivity index (χ4n) is 3.96. The van der Waals surface area contributed by atoms with E-state index in [4.69, 9.17) is 9.47 Å². The first-order chi connectivity index (χ1) is 15.9. The van der Waals surface area contributed by atoms with Gasteiger partial charge in [0.2, 0.25) is 0 Å². The van der Waals surface area contributed by atoms with Crippen LogP contribution >= 0.6 is 0 Å². The van der Waals surface area contributed by atoms with Crippen LogP contribution < -0.4 is 4.74 Å². The van der Waals surface area contributed by atoms with Crippen LogP contribution in [0.25, 0.3) is 11.6 Å². The van der Waals surface area contributed by atoms with Gasteiger partial charge in [-0.25, -0.2) is 4.79 Å². The van der Waals surface area contributed by atoms with Gasteiger partial charge in [0.15, 0.2) is 11.5 Å². The van der Waals surface area contributed by atoms with Gasteiger partial charge in [0.1, 0.15) is 28.9 Å². The number of hydrogen-bond donors (Lipinski definition) is 4. The number of esters is 1. The van der Waals surface area contributed by atoms with E-state index in [9.17, 15) is 25.2 Å². The molecule has 0 aliphatic carbocycles. The van der Waals surface area contributed by atoms with Crippen LogP contribution in [0.15, 0.2) is 53.5 Å². The van der Waals surface area contributed by atoms with Gasteiger partial charge in [0, 0.05) is 17.5 Å². The summed E-state index contributed by atoms with van der Waals surface area (Å²) in [4.78, 5) is 12.6. The lowest BCUT2D eigenvalue weighted by molar-refractivity contribution is -0.131. The second-order valence-electron chi connectivity index (χ2n) is 9.44. The van der Waals surface area contributed by atoms with E-state index in [0.29, 0.717) is 29.7 Å². The van der Waals surface area contributed by atoms with Crippen LogP contribution in [0.3, 0.4) is 0 Å². The summed E-state index contributed by atoms with van der Waals surface area (Å²) in [5.74, 6) is -1.00. The molecule has 2 aliphatic rings. The van der Waals surface area contributed by atoms with Crippen molar-refractivity contribution in [1.82, 2.24) is 0 Å². The normalized spacial score (nSPS) is 18.7. The summed E-state index contributed by atoms with van der Waals surface area (Å²) in [6, 6.07) is 7.98. The van der Waals surface area contributed by atoms with Crippen LogP contribution in [0, 0.1) is 0 Å². The maximum atomic E-state index is 12.6. The Labute approximate surface area is 197 Å². The Kier molecular flexibility index (Phi) is 5.91. The first kappa shape index (κ1) is 23.4. The van der Waals surface area contributed by atoms with Crippen LogP contribution in [0.5, 0.6) is 17.2 Å². The Bertz CT molecular complexity index is 1250. The molecular formula is C27H28O7. The van der Waals surface area contributed by atoms with E-state index in [1.165, 1.54) is 18.2 Å². The molecule has 0 aromatic heterocycles. The van der Waals surface area contributed by atoms with Crippen molar-refractivity contribution in [3.8, 4) is 17.2 Å². The van der Waals surface area contributed by atoms with Crippen molar-refractivity contribution in [2.45, 2.75) is 52.2 Å². The molecule has 2 aliphatic heterocycles. The highest BCUT2D eigenvalue weighted by Crippen LogP contribution is 2.40. The fourth-order valence-corrected chi connectivity index (χ4v) is 3.96. The Morgan fingerprint density at radius 1 is 1.12 bits per heavy atom. The summed E-state index contributed by atoms with van der Waals surface area (Å²) < 4.78 is 11.1. The van der Waals surface area contributed by atoms with E-state index in [0.717, 1.165) is 11.1 Å². The Balaban J connectivity index is 1.65. The van der Waals surface area contributed by atoms with Gasteiger partial charge in [-0.05, 0) is 75.6 Å². The van der Waals surface area contributed by atoms with E-state index in [1.807, 2.05) is 26.0 Å². The SMILES string of the molecule is CC(C)=CCc1cc(O)c(C2=C(O)/C(=C/c3ccc4c(c3)C[C@H](C(C)(C)O)O4)OC2=O)cc1O. The Morgan fingerprint density at radius 2 is 1.85 bits per heavy atom. The van der Waals surface area contributed by atoms with Gasteiger partial charge in [-0.1, -0.05) is 17.7 Å².